The molecule has 8 aliphatic rings. The summed E-state index contributed by atoms with van der Waals surface area (Å²) in [5.41, 5.74) is 14.1. The number of halogens is 2. The number of aliphatic hydroxyl groups is 6. The molecule has 620 valence electrons. The average Bonchev–Trinajstić information content (AvgIpc) is 0.764. The van der Waals surface area contributed by atoms with E-state index in [1.54, 1.807) is 21.1 Å². The number of carbonyl (C=O) groups is 8. The number of methoxy groups -OCH3 is 1. The first-order valence-corrected chi connectivity index (χ1v) is 36.8. The molecule has 9 unspecified atom stereocenters. The van der Waals surface area contributed by atoms with Crippen LogP contribution >= 0.6 is 11.6 Å². The van der Waals surface area contributed by atoms with Crippen LogP contribution in [0.3, 0.4) is 0 Å². The number of fused-ring (bicyclic) bond motifs is 15. The molecule has 13 rings (SSSR count). The first-order chi connectivity index (χ1) is 53.1. The lowest BCUT2D eigenvalue weighted by molar-refractivity contribution is -0.887. The number of quaternary nitrogens is 1. The summed E-state index contributed by atoms with van der Waals surface area (Å²) in [6.45, 7) is 8.80. The summed E-state index contributed by atoms with van der Waals surface area (Å²) in [6.07, 6.45) is -22.1. The maximum Gasteiger partial charge on any atom is 0.333 e. The summed E-state index contributed by atoms with van der Waals surface area (Å²) in [5.74, 6) is -14.4. The van der Waals surface area contributed by atoms with Gasteiger partial charge in [-0.05, 0) is 110 Å². The van der Waals surface area contributed by atoms with Crippen molar-refractivity contribution in [1.82, 2.24) is 31.9 Å². The zero-order valence-corrected chi connectivity index (χ0v) is 66.6. The second-order valence-corrected chi connectivity index (χ2v) is 31.5. The lowest BCUT2D eigenvalue weighted by atomic mass is 9.86. The predicted molar refractivity (Wildman–Crippen MR) is 394 cm³/mol. The number of carbonyl (C=O) groups excluding carboxylic acids is 8. The van der Waals surface area contributed by atoms with Crippen LogP contribution in [0.15, 0.2) is 84.9 Å². The monoisotopic (exact) mass is 1730 g/mol. The molecule has 0 saturated carbocycles. The highest BCUT2D eigenvalue weighted by Crippen LogP contribution is 2.50. The number of hydrogen-bond donors (Lipinski definition) is 18. The van der Waals surface area contributed by atoms with E-state index in [4.69, 9.17) is 71.4 Å². The molecule has 5 aromatic rings. The van der Waals surface area contributed by atoms with Crippen molar-refractivity contribution in [2.24, 2.45) is 23.1 Å². The van der Waals surface area contributed by atoms with Crippen LogP contribution in [0.2, 0.25) is 5.02 Å². The van der Waals surface area contributed by atoms with Gasteiger partial charge in [-0.2, -0.15) is 0 Å². The van der Waals surface area contributed by atoms with E-state index in [1.807, 2.05) is 13.8 Å². The third kappa shape index (κ3) is 18.8. The van der Waals surface area contributed by atoms with E-state index in [-0.39, 0.29) is 86.9 Å². The van der Waals surface area contributed by atoms with Crippen molar-refractivity contribution in [3.05, 3.63) is 118 Å². The van der Waals surface area contributed by atoms with E-state index in [0.717, 1.165) is 49.6 Å². The maximum absolute atomic E-state index is 16.4. The molecule has 114 heavy (non-hydrogen) atoms. The summed E-state index contributed by atoms with van der Waals surface area (Å²) >= 11 is 7.19. The third-order valence-electron chi connectivity index (χ3n) is 20.8. The first-order valence-electron chi connectivity index (χ1n) is 36.4. The zero-order valence-electron chi connectivity index (χ0n) is 63.6. The van der Waals surface area contributed by atoms with Gasteiger partial charge in [-0.1, -0.05) is 49.7 Å². The predicted octanol–water partition coefficient (Wildman–Crippen LogP) is -2.73. The van der Waals surface area contributed by atoms with Gasteiger partial charge in [0.25, 0.3) is 5.91 Å². The summed E-state index contributed by atoms with van der Waals surface area (Å²) in [6, 6.07) is 2.48. The van der Waals surface area contributed by atoms with Crippen LogP contribution in [-0.4, -0.2) is 236 Å². The number of phenolic OH excluding ortho intramolecular Hbond substituents is 3. The molecule has 22 atom stereocenters. The molecule has 5 aromatic carbocycles. The highest BCUT2D eigenvalue weighted by atomic mass is 127. The Bertz CT molecular complexity index is 4460. The minimum Gasteiger partial charge on any atom is -1.00 e. The van der Waals surface area contributed by atoms with Gasteiger partial charge in [0.15, 0.2) is 42.3 Å². The largest absolute Gasteiger partial charge is 1.00 e. The molecule has 8 aliphatic heterocycles. The molecule has 36 nitrogen and oxygen atoms in total. The van der Waals surface area contributed by atoms with E-state index in [9.17, 15) is 60.3 Å². The number of nitrogens with two attached hydrogens (primary N) is 3. The average molecular weight is 1730 g/mol. The highest BCUT2D eigenvalue weighted by Gasteiger charge is 2.53. The summed E-state index contributed by atoms with van der Waals surface area (Å²) in [4.78, 5) is 121. The molecule has 0 radical (unpaired) electrons. The number of esters is 1. The summed E-state index contributed by atoms with van der Waals surface area (Å²) in [7, 11) is 6.16. The Labute approximate surface area is 676 Å². The van der Waals surface area contributed by atoms with Crippen molar-refractivity contribution in [3.8, 4) is 57.1 Å². The molecule has 7 amide bonds. The second kappa shape index (κ2) is 34.9. The Hall–Kier alpha value is -8.88. The van der Waals surface area contributed by atoms with Gasteiger partial charge >= 0.3 is 5.97 Å². The van der Waals surface area contributed by atoms with Gasteiger partial charge in [-0.15, -0.1) is 0 Å². The van der Waals surface area contributed by atoms with E-state index < -0.39 is 250 Å². The van der Waals surface area contributed by atoms with Crippen LogP contribution in [-0.2, 0) is 66.8 Å². The zero-order chi connectivity index (χ0) is 82.5. The number of ether oxygens (including phenoxy) is 9. The molecule has 38 heteroatoms. The lowest BCUT2D eigenvalue weighted by Crippen LogP contribution is -3.00. The minimum absolute atomic E-state index is 0. The van der Waals surface area contributed by atoms with Gasteiger partial charge in [0.1, 0.15) is 89.5 Å². The fourth-order valence-electron chi connectivity index (χ4n) is 14.7. The molecular formula is C76H96ClIN10O26. The molecule has 21 N–H and O–H groups in total. The molecule has 8 heterocycles. The molecule has 3 fully saturated rings. The topological polar surface area (TPSA) is 552 Å². The van der Waals surface area contributed by atoms with Crippen LogP contribution in [0.4, 0.5) is 0 Å². The maximum atomic E-state index is 16.4. The van der Waals surface area contributed by atoms with Crippen molar-refractivity contribution >= 4 is 58.9 Å². The van der Waals surface area contributed by atoms with E-state index in [1.165, 1.54) is 70.2 Å². The standard InChI is InChI=1S/C76H95ClN10O26.HI/c1-30(2)19-43(87(7,8)9)68(99)85-57-59(93)35-14-18-46(41(77)21-35)109-48-23-36-22-47(63(48)113-74-64(61(95)60(94)49(29-88)110-74)112-52-28-76(6,80)66(97)32(4)107-52)108-38-15-11-33(12-16-38)62(111-51-27-75(5,79)65(96)31(3)106-51)58-72(103)84-56(73(104)105-10)40-24-37(89)25-45(91)53(40)39-20-34(13-17-44(39)90)54(69(100)86-58)83-70(101)55(36)82-67(98)42(26-50(78)92)81-71(57)102;/h11-18,20-25,30-32,42-43,49,51-52,54-62,64-66,74,88,93-97H,19,26-29,79-80H2,1-10H3,(H10-,78,81,82,83,84,85,86,89,90,91,92,98,99,100,101,102,103);1H/t31-,32-,42?,43?,49+,51-,52-,54?,55?,56?,57?,58?,59?,60+,61-,62?,64+,65-,66-,74-,75-,76-;/m0./s1. The SMILES string of the molecule is COC(=O)C1NC(=O)C2NC(=O)C(NC(=O)C3NC(=O)C(CC(N)=O)NC(=O)C(NC(=O)C(CC(C)C)[N+](C)(C)C)C(O)c4ccc(c(Cl)c4)Oc4cc3cc(c4O[C@@H]3O[C@H](CO)[C@@H](O)[C@H](O)[C@H]3O[C@H]3C[C@](C)(N)[C@@H](O)[C@H](C)O3)Oc3ccc(cc3)C2O[C@H]2C[C@](C)(N)[C@@H](O)[C@H](C)O2)c2ccc(O)c(c2)-c2c(O)cc(O)cc21.[I-]. The van der Waals surface area contributed by atoms with Gasteiger partial charge < -0.3 is 166 Å². The number of likely N-dealkylation sites (N-methyl/N-ethyl adjacent to an activating group) is 1. The number of nitrogens with zero attached hydrogens (tertiary/aromatic N) is 1. The number of aromatic hydroxyl groups is 3. The van der Waals surface area contributed by atoms with E-state index in [2.05, 4.69) is 31.9 Å². The molecule has 3 saturated heterocycles. The van der Waals surface area contributed by atoms with E-state index >= 15 is 24.0 Å². The van der Waals surface area contributed by atoms with Gasteiger partial charge in [0, 0.05) is 53.1 Å². The Morgan fingerprint density at radius 3 is 1.85 bits per heavy atom. The van der Waals surface area contributed by atoms with Crippen molar-refractivity contribution in [3.63, 3.8) is 0 Å². The van der Waals surface area contributed by atoms with Crippen molar-refractivity contribution in [1.29, 1.82) is 0 Å². The van der Waals surface area contributed by atoms with Crippen molar-refractivity contribution in [2.75, 3.05) is 34.9 Å². The molecule has 0 spiro atoms. The van der Waals surface area contributed by atoms with Crippen LogP contribution in [0.1, 0.15) is 125 Å². The Morgan fingerprint density at radius 2 is 1.26 bits per heavy atom. The number of amides is 7. The quantitative estimate of drug-likeness (QED) is 0.0287. The number of hydrogen-bond acceptors (Lipinski definition) is 28. The Morgan fingerprint density at radius 1 is 0.675 bits per heavy atom. The molecular weight excluding hydrogens is 1630 g/mol. The van der Waals surface area contributed by atoms with Crippen LogP contribution in [0.5, 0.6) is 46.0 Å². The third-order valence-corrected chi connectivity index (χ3v) is 21.1. The van der Waals surface area contributed by atoms with Gasteiger partial charge in [0.2, 0.25) is 47.5 Å². The number of aliphatic hydroxyl groups excluding tert-OH is 6. The number of nitrogens with one attached hydrogen (secondary N) is 6. The fraction of sp³-hybridized carbons (Fsp3) is 0.500. The normalized spacial score (nSPS) is 31.5. The molecule has 0 aliphatic carbocycles. The van der Waals surface area contributed by atoms with Crippen molar-refractivity contribution < 1.29 is 155 Å². The number of benzene rings is 5. The van der Waals surface area contributed by atoms with Crippen LogP contribution in [0.25, 0.3) is 11.1 Å². The number of primary amides is 1. The minimum atomic E-state index is -2.33. The molecule has 0 aromatic heterocycles. The fourth-order valence-corrected chi connectivity index (χ4v) is 14.9. The van der Waals surface area contributed by atoms with E-state index in [0.29, 0.717) is 0 Å². The van der Waals surface area contributed by atoms with Gasteiger partial charge in [0.05, 0.1) is 70.7 Å². The highest BCUT2D eigenvalue weighted by molar-refractivity contribution is 6.32. The second-order valence-electron chi connectivity index (χ2n) is 31.1. The Kier molecular flexibility index (Phi) is 26.8. The van der Waals surface area contributed by atoms with Crippen LogP contribution < -0.4 is 87.3 Å². The van der Waals surface area contributed by atoms with Crippen LogP contribution in [0, 0.1) is 5.92 Å². The molecule has 11 bridgehead atoms. The van der Waals surface area contributed by atoms with Gasteiger partial charge in [-0.3, -0.25) is 33.6 Å². The number of rotatable bonds is 15. The first kappa shape index (κ1) is 87.5. The van der Waals surface area contributed by atoms with Gasteiger partial charge in [-0.25, -0.2) is 4.79 Å². The Balaban J connectivity index is 0.0000138. The number of phenols is 3. The smallest absolute Gasteiger partial charge is 0.333 e. The summed E-state index contributed by atoms with van der Waals surface area (Å²) in [5, 5.41) is 119. The summed E-state index contributed by atoms with van der Waals surface area (Å²) < 4.78 is 57.2. The van der Waals surface area contributed by atoms with Crippen molar-refractivity contribution in [2.45, 2.75) is 201 Å². The lowest BCUT2D eigenvalue weighted by Gasteiger charge is -2.47.